The Morgan fingerprint density at radius 1 is 0.955 bits per heavy atom. The average Bonchev–Trinajstić information content (AvgIpc) is 2.55. The Bertz CT molecular complexity index is 604. The lowest BCUT2D eigenvalue weighted by Crippen LogP contribution is -2.33. The predicted molar refractivity (Wildman–Crippen MR) is 84.3 cm³/mol. The van der Waals surface area contributed by atoms with Crippen LogP contribution in [0.1, 0.15) is 42.5 Å². The summed E-state index contributed by atoms with van der Waals surface area (Å²) >= 11 is 0. The van der Waals surface area contributed by atoms with Crippen LogP contribution in [0.5, 0.6) is 0 Å². The Balaban J connectivity index is 1.73. The molecule has 0 N–H and O–H groups in total. The molecule has 0 radical (unpaired) electrons. The molecule has 2 aromatic rings. The molecule has 1 amide bonds. The second-order valence-corrected chi connectivity index (χ2v) is 5.60. The van der Waals surface area contributed by atoms with Gasteiger partial charge in [-0.1, -0.05) is 19.3 Å². The van der Waals surface area contributed by atoms with Crippen LogP contribution in [0.25, 0.3) is 11.4 Å². The predicted octanol–water partition coefficient (Wildman–Crippen LogP) is 2.94. The van der Waals surface area contributed by atoms with E-state index in [1.54, 1.807) is 24.8 Å². The van der Waals surface area contributed by atoms with Gasteiger partial charge in [0, 0.05) is 43.4 Å². The number of amides is 1. The first-order chi connectivity index (χ1) is 10.8. The highest BCUT2D eigenvalue weighted by molar-refractivity contribution is 5.93. The Hall–Kier alpha value is -2.30. The lowest BCUT2D eigenvalue weighted by Gasteiger charge is -2.24. The van der Waals surface area contributed by atoms with Crippen molar-refractivity contribution in [3.63, 3.8) is 0 Å². The van der Waals surface area contributed by atoms with Crippen molar-refractivity contribution in [3.8, 4) is 11.4 Å². The van der Waals surface area contributed by atoms with E-state index < -0.39 is 0 Å². The van der Waals surface area contributed by atoms with Gasteiger partial charge in [-0.05, 0) is 25.0 Å². The zero-order valence-corrected chi connectivity index (χ0v) is 12.6. The molecule has 1 fully saturated rings. The molecule has 0 aromatic carbocycles. The molecule has 5 heteroatoms. The van der Waals surface area contributed by atoms with Crippen LogP contribution in [0, 0.1) is 0 Å². The fourth-order valence-electron chi connectivity index (χ4n) is 2.72. The molecule has 114 valence electrons. The average molecular weight is 296 g/mol. The highest BCUT2D eigenvalue weighted by Gasteiger charge is 2.17. The first-order valence-corrected chi connectivity index (χ1v) is 7.86. The van der Waals surface area contributed by atoms with Crippen molar-refractivity contribution < 1.29 is 4.79 Å². The number of aromatic nitrogens is 3. The van der Waals surface area contributed by atoms with Crippen LogP contribution >= 0.6 is 0 Å². The summed E-state index contributed by atoms with van der Waals surface area (Å²) < 4.78 is 0. The maximum Gasteiger partial charge on any atom is 0.256 e. The standard InChI is InChI=1S/C17H20N4O/c22-17(21-9-4-2-1-3-5-10-21)15-12-19-16(20-13-15)14-7-6-8-18-11-14/h6-8,11-13H,1-5,9-10H2. The molecule has 1 saturated heterocycles. The van der Waals surface area contributed by atoms with Crippen LogP contribution in [0.3, 0.4) is 0 Å². The van der Waals surface area contributed by atoms with Gasteiger partial charge in [-0.3, -0.25) is 9.78 Å². The van der Waals surface area contributed by atoms with Crippen LogP contribution < -0.4 is 0 Å². The number of carbonyl (C=O) groups excluding carboxylic acids is 1. The van der Waals surface area contributed by atoms with Crippen molar-refractivity contribution in [2.45, 2.75) is 32.1 Å². The second kappa shape index (κ2) is 7.11. The Labute approximate surface area is 130 Å². The van der Waals surface area contributed by atoms with Gasteiger partial charge in [0.25, 0.3) is 5.91 Å². The number of hydrogen-bond acceptors (Lipinski definition) is 4. The summed E-state index contributed by atoms with van der Waals surface area (Å²) in [7, 11) is 0. The third-order valence-electron chi connectivity index (χ3n) is 3.96. The van der Waals surface area contributed by atoms with Gasteiger partial charge in [0.1, 0.15) is 0 Å². The van der Waals surface area contributed by atoms with Gasteiger partial charge in [0.2, 0.25) is 0 Å². The molecule has 0 unspecified atom stereocenters. The number of pyridine rings is 1. The van der Waals surface area contributed by atoms with Gasteiger partial charge in [-0.25, -0.2) is 9.97 Å². The van der Waals surface area contributed by atoms with Gasteiger partial charge < -0.3 is 4.90 Å². The molecule has 0 atom stereocenters. The molecule has 0 aliphatic carbocycles. The zero-order chi connectivity index (χ0) is 15.2. The summed E-state index contributed by atoms with van der Waals surface area (Å²) in [4.78, 5) is 27.2. The van der Waals surface area contributed by atoms with E-state index in [1.807, 2.05) is 17.0 Å². The second-order valence-electron chi connectivity index (χ2n) is 5.60. The van der Waals surface area contributed by atoms with Gasteiger partial charge in [0.15, 0.2) is 5.82 Å². The lowest BCUT2D eigenvalue weighted by molar-refractivity contribution is 0.0741. The molecule has 1 aliphatic rings. The Kier molecular flexibility index (Phi) is 4.73. The summed E-state index contributed by atoms with van der Waals surface area (Å²) in [5.74, 6) is 0.636. The molecule has 3 heterocycles. The van der Waals surface area contributed by atoms with E-state index in [-0.39, 0.29) is 5.91 Å². The van der Waals surface area contributed by atoms with E-state index in [1.165, 1.54) is 19.3 Å². The molecule has 2 aromatic heterocycles. The van der Waals surface area contributed by atoms with E-state index in [2.05, 4.69) is 15.0 Å². The third kappa shape index (κ3) is 3.47. The molecule has 22 heavy (non-hydrogen) atoms. The first-order valence-electron chi connectivity index (χ1n) is 7.86. The van der Waals surface area contributed by atoms with E-state index in [4.69, 9.17) is 0 Å². The SMILES string of the molecule is O=C(c1cnc(-c2cccnc2)nc1)N1CCCCCCC1. The zero-order valence-electron chi connectivity index (χ0n) is 12.6. The van der Waals surface area contributed by atoms with Crippen molar-refractivity contribution in [2.75, 3.05) is 13.1 Å². The number of carbonyl (C=O) groups is 1. The smallest absolute Gasteiger partial charge is 0.256 e. The molecule has 0 spiro atoms. The highest BCUT2D eigenvalue weighted by atomic mass is 16.2. The Morgan fingerprint density at radius 3 is 2.27 bits per heavy atom. The molecular weight excluding hydrogens is 276 g/mol. The van der Waals surface area contributed by atoms with E-state index in [9.17, 15) is 4.79 Å². The maximum atomic E-state index is 12.5. The molecule has 0 bridgehead atoms. The molecule has 0 saturated carbocycles. The minimum Gasteiger partial charge on any atom is -0.339 e. The highest BCUT2D eigenvalue weighted by Crippen LogP contribution is 2.15. The van der Waals surface area contributed by atoms with Gasteiger partial charge in [-0.15, -0.1) is 0 Å². The molecule has 5 nitrogen and oxygen atoms in total. The van der Waals surface area contributed by atoms with Crippen LogP contribution in [-0.2, 0) is 0 Å². The van der Waals surface area contributed by atoms with Crippen molar-refractivity contribution in [1.29, 1.82) is 0 Å². The summed E-state index contributed by atoms with van der Waals surface area (Å²) in [6.07, 6.45) is 12.5. The minimum atomic E-state index is 0.0413. The van der Waals surface area contributed by atoms with E-state index in [0.717, 1.165) is 31.5 Å². The van der Waals surface area contributed by atoms with Gasteiger partial charge in [0.05, 0.1) is 5.56 Å². The van der Waals surface area contributed by atoms with Crippen molar-refractivity contribution >= 4 is 5.91 Å². The number of likely N-dealkylation sites (tertiary alicyclic amines) is 1. The van der Waals surface area contributed by atoms with Crippen LogP contribution in [-0.4, -0.2) is 38.8 Å². The summed E-state index contributed by atoms with van der Waals surface area (Å²) in [5.41, 5.74) is 1.42. The quantitative estimate of drug-likeness (QED) is 0.855. The van der Waals surface area contributed by atoms with Crippen LogP contribution in [0.2, 0.25) is 0 Å². The molecule has 3 rings (SSSR count). The van der Waals surface area contributed by atoms with Crippen LogP contribution in [0.15, 0.2) is 36.9 Å². The van der Waals surface area contributed by atoms with E-state index >= 15 is 0 Å². The minimum absolute atomic E-state index is 0.0413. The number of rotatable bonds is 2. The van der Waals surface area contributed by atoms with Gasteiger partial charge >= 0.3 is 0 Å². The van der Waals surface area contributed by atoms with E-state index in [0.29, 0.717) is 11.4 Å². The fraction of sp³-hybridized carbons (Fsp3) is 0.412. The van der Waals surface area contributed by atoms with Crippen molar-refractivity contribution in [1.82, 2.24) is 19.9 Å². The first kappa shape index (κ1) is 14.6. The normalized spacial score (nSPS) is 15.9. The van der Waals surface area contributed by atoms with Crippen LogP contribution in [0.4, 0.5) is 0 Å². The number of nitrogens with zero attached hydrogens (tertiary/aromatic N) is 4. The summed E-state index contributed by atoms with van der Waals surface area (Å²) in [5, 5.41) is 0. The maximum absolute atomic E-state index is 12.5. The van der Waals surface area contributed by atoms with Crippen molar-refractivity contribution in [2.24, 2.45) is 0 Å². The molecular formula is C17H20N4O. The molecule has 1 aliphatic heterocycles. The summed E-state index contributed by atoms with van der Waals surface area (Å²) in [6.45, 7) is 1.67. The largest absolute Gasteiger partial charge is 0.339 e. The third-order valence-corrected chi connectivity index (χ3v) is 3.96. The topological polar surface area (TPSA) is 59.0 Å². The lowest BCUT2D eigenvalue weighted by atomic mass is 10.1. The Morgan fingerprint density at radius 2 is 1.64 bits per heavy atom. The number of hydrogen-bond donors (Lipinski definition) is 0. The summed E-state index contributed by atoms with van der Waals surface area (Å²) in [6, 6.07) is 3.75. The fourth-order valence-corrected chi connectivity index (χ4v) is 2.72. The monoisotopic (exact) mass is 296 g/mol. The van der Waals surface area contributed by atoms with Gasteiger partial charge in [-0.2, -0.15) is 0 Å². The van der Waals surface area contributed by atoms with Crippen molar-refractivity contribution in [3.05, 3.63) is 42.5 Å².